The van der Waals surface area contributed by atoms with E-state index in [2.05, 4.69) is 5.32 Å². The number of aryl methyl sites for hydroxylation is 1. The van der Waals surface area contributed by atoms with Gasteiger partial charge < -0.3 is 10.4 Å². The first kappa shape index (κ1) is 15.6. The topological polar surface area (TPSA) is 66.4 Å². The van der Waals surface area contributed by atoms with Crippen LogP contribution in [0.5, 0.6) is 0 Å². The van der Waals surface area contributed by atoms with Crippen LogP contribution in [-0.4, -0.2) is 23.2 Å². The third kappa shape index (κ3) is 3.46. The lowest BCUT2D eigenvalue weighted by atomic mass is 10.2. The number of benzene rings is 1. The fourth-order valence-electron chi connectivity index (χ4n) is 1.87. The van der Waals surface area contributed by atoms with Crippen molar-refractivity contribution in [3.8, 4) is 0 Å². The molecule has 1 heterocycles. The Kier molecular flexibility index (Phi) is 5.03. The van der Waals surface area contributed by atoms with Gasteiger partial charge in [-0.25, -0.2) is 4.79 Å². The maximum Gasteiger partial charge on any atom is 0.338 e. The summed E-state index contributed by atoms with van der Waals surface area (Å²) in [4.78, 5) is 25.4. The summed E-state index contributed by atoms with van der Waals surface area (Å²) in [6, 6.07) is 8.87. The SMILES string of the molecule is CCc1cc(C(=O)O)c(NC(=O)c2ccccc2SC)s1. The van der Waals surface area contributed by atoms with Crippen molar-refractivity contribution >= 4 is 40.0 Å². The monoisotopic (exact) mass is 321 g/mol. The lowest BCUT2D eigenvalue weighted by Gasteiger charge is -2.07. The Bertz CT molecular complexity index is 679. The molecular formula is C15H15NO3S2. The predicted molar refractivity (Wildman–Crippen MR) is 86.8 cm³/mol. The van der Waals surface area contributed by atoms with Crippen LogP contribution >= 0.6 is 23.1 Å². The molecule has 0 aliphatic heterocycles. The van der Waals surface area contributed by atoms with Crippen molar-refractivity contribution in [3.63, 3.8) is 0 Å². The third-order valence-electron chi connectivity index (χ3n) is 2.94. The van der Waals surface area contributed by atoms with Crippen molar-refractivity contribution < 1.29 is 14.7 Å². The Morgan fingerprint density at radius 2 is 2.00 bits per heavy atom. The molecule has 0 unspecified atom stereocenters. The molecule has 0 saturated heterocycles. The maximum atomic E-state index is 12.4. The van der Waals surface area contributed by atoms with Gasteiger partial charge in [-0.1, -0.05) is 19.1 Å². The van der Waals surface area contributed by atoms with Crippen LogP contribution in [0.2, 0.25) is 0 Å². The van der Waals surface area contributed by atoms with Gasteiger partial charge in [0.15, 0.2) is 0 Å². The normalized spacial score (nSPS) is 10.4. The average Bonchev–Trinajstić information content (AvgIpc) is 2.90. The second kappa shape index (κ2) is 6.78. The average molecular weight is 321 g/mol. The fraction of sp³-hybridized carbons (Fsp3) is 0.200. The van der Waals surface area contributed by atoms with Gasteiger partial charge in [0, 0.05) is 9.77 Å². The Labute approximate surface area is 131 Å². The molecule has 0 bridgehead atoms. The molecule has 1 amide bonds. The van der Waals surface area contributed by atoms with E-state index in [1.54, 1.807) is 18.2 Å². The summed E-state index contributed by atoms with van der Waals surface area (Å²) in [6.07, 6.45) is 2.64. The van der Waals surface area contributed by atoms with Crippen LogP contribution in [0.3, 0.4) is 0 Å². The number of thioether (sulfide) groups is 1. The van der Waals surface area contributed by atoms with Crippen molar-refractivity contribution in [3.05, 3.63) is 46.3 Å². The summed E-state index contributed by atoms with van der Waals surface area (Å²) in [5, 5.41) is 12.3. The Morgan fingerprint density at radius 1 is 1.29 bits per heavy atom. The molecule has 2 rings (SSSR count). The number of hydrogen-bond donors (Lipinski definition) is 2. The molecular weight excluding hydrogens is 306 g/mol. The van der Waals surface area contributed by atoms with Gasteiger partial charge in [0.1, 0.15) is 5.00 Å². The van der Waals surface area contributed by atoms with Crippen LogP contribution in [0.1, 0.15) is 32.5 Å². The third-order valence-corrected chi connectivity index (χ3v) is 4.93. The number of hydrogen-bond acceptors (Lipinski definition) is 4. The molecule has 0 spiro atoms. The standard InChI is InChI=1S/C15H15NO3S2/c1-3-9-8-11(15(18)19)14(21-9)16-13(17)10-6-4-5-7-12(10)20-2/h4-8H,3H2,1-2H3,(H,16,17)(H,18,19). The summed E-state index contributed by atoms with van der Waals surface area (Å²) < 4.78 is 0. The molecule has 0 fully saturated rings. The highest BCUT2D eigenvalue weighted by atomic mass is 32.2. The Morgan fingerprint density at radius 3 is 2.62 bits per heavy atom. The molecule has 0 aliphatic rings. The molecule has 1 aromatic carbocycles. The molecule has 0 radical (unpaired) electrons. The number of amides is 1. The number of carboxylic acid groups (broad SMARTS) is 1. The highest BCUT2D eigenvalue weighted by Crippen LogP contribution is 2.30. The van der Waals surface area contributed by atoms with Crippen molar-refractivity contribution in [2.45, 2.75) is 18.2 Å². The van der Waals surface area contributed by atoms with E-state index in [-0.39, 0.29) is 11.5 Å². The molecule has 21 heavy (non-hydrogen) atoms. The van der Waals surface area contributed by atoms with Gasteiger partial charge in [-0.3, -0.25) is 4.79 Å². The summed E-state index contributed by atoms with van der Waals surface area (Å²) >= 11 is 2.79. The van der Waals surface area contributed by atoms with Crippen LogP contribution in [-0.2, 0) is 6.42 Å². The van der Waals surface area contributed by atoms with Crippen molar-refractivity contribution in [1.82, 2.24) is 0 Å². The molecule has 0 saturated carbocycles. The minimum absolute atomic E-state index is 0.145. The van der Waals surface area contributed by atoms with E-state index in [4.69, 9.17) is 0 Å². The first-order valence-electron chi connectivity index (χ1n) is 6.37. The smallest absolute Gasteiger partial charge is 0.338 e. The van der Waals surface area contributed by atoms with E-state index in [1.165, 1.54) is 23.1 Å². The van der Waals surface area contributed by atoms with Gasteiger partial charge in [-0.15, -0.1) is 23.1 Å². The minimum atomic E-state index is -1.03. The highest BCUT2D eigenvalue weighted by molar-refractivity contribution is 7.98. The highest BCUT2D eigenvalue weighted by Gasteiger charge is 2.18. The Hall–Kier alpha value is -1.79. The maximum absolute atomic E-state index is 12.4. The van der Waals surface area contributed by atoms with Gasteiger partial charge in [0.05, 0.1) is 11.1 Å². The summed E-state index contributed by atoms with van der Waals surface area (Å²) in [5.74, 6) is -1.31. The van der Waals surface area contributed by atoms with E-state index in [1.807, 2.05) is 25.3 Å². The molecule has 6 heteroatoms. The summed E-state index contributed by atoms with van der Waals surface area (Å²) in [5.41, 5.74) is 0.694. The van der Waals surface area contributed by atoms with E-state index >= 15 is 0 Å². The van der Waals surface area contributed by atoms with Gasteiger partial charge in [-0.05, 0) is 30.9 Å². The van der Waals surface area contributed by atoms with E-state index in [9.17, 15) is 14.7 Å². The van der Waals surface area contributed by atoms with Crippen LogP contribution in [0.4, 0.5) is 5.00 Å². The number of carbonyl (C=O) groups is 2. The summed E-state index contributed by atoms with van der Waals surface area (Å²) in [6.45, 7) is 1.95. The minimum Gasteiger partial charge on any atom is -0.478 e. The zero-order chi connectivity index (χ0) is 15.4. The van der Waals surface area contributed by atoms with Crippen LogP contribution in [0.25, 0.3) is 0 Å². The zero-order valence-corrected chi connectivity index (χ0v) is 13.3. The van der Waals surface area contributed by atoms with Gasteiger partial charge in [0.25, 0.3) is 5.91 Å². The van der Waals surface area contributed by atoms with Crippen molar-refractivity contribution in [1.29, 1.82) is 0 Å². The molecule has 110 valence electrons. The van der Waals surface area contributed by atoms with Crippen LogP contribution in [0, 0.1) is 0 Å². The lowest BCUT2D eigenvalue weighted by molar-refractivity contribution is 0.0698. The predicted octanol–water partition coefficient (Wildman–Crippen LogP) is 3.98. The number of anilines is 1. The largest absolute Gasteiger partial charge is 0.478 e. The first-order chi connectivity index (χ1) is 10.1. The lowest BCUT2D eigenvalue weighted by Crippen LogP contribution is -2.14. The number of nitrogens with one attached hydrogen (secondary N) is 1. The van der Waals surface area contributed by atoms with E-state index in [0.29, 0.717) is 10.6 Å². The fourth-order valence-corrected chi connectivity index (χ4v) is 3.45. The second-order valence-corrected chi connectivity index (χ2v) is 6.25. The van der Waals surface area contributed by atoms with Crippen LogP contribution < -0.4 is 5.32 Å². The number of carboxylic acids is 1. The second-order valence-electron chi connectivity index (χ2n) is 4.27. The van der Waals surface area contributed by atoms with Gasteiger partial charge in [0.2, 0.25) is 0 Å². The number of carbonyl (C=O) groups excluding carboxylic acids is 1. The van der Waals surface area contributed by atoms with E-state index in [0.717, 1.165) is 16.2 Å². The molecule has 1 aromatic heterocycles. The zero-order valence-electron chi connectivity index (χ0n) is 11.7. The molecule has 4 nitrogen and oxygen atoms in total. The van der Waals surface area contributed by atoms with Crippen LogP contribution in [0.15, 0.2) is 35.2 Å². The summed E-state index contributed by atoms with van der Waals surface area (Å²) in [7, 11) is 0. The van der Waals surface area contributed by atoms with Gasteiger partial charge in [-0.2, -0.15) is 0 Å². The van der Waals surface area contributed by atoms with Crippen molar-refractivity contribution in [2.75, 3.05) is 11.6 Å². The molecule has 2 aromatic rings. The van der Waals surface area contributed by atoms with E-state index < -0.39 is 5.97 Å². The molecule has 2 N–H and O–H groups in total. The number of aromatic carboxylic acids is 1. The molecule has 0 atom stereocenters. The van der Waals surface area contributed by atoms with Gasteiger partial charge >= 0.3 is 5.97 Å². The quantitative estimate of drug-likeness (QED) is 0.817. The number of thiophene rings is 1. The first-order valence-corrected chi connectivity index (χ1v) is 8.41. The van der Waals surface area contributed by atoms with Crippen molar-refractivity contribution in [2.24, 2.45) is 0 Å². The number of rotatable bonds is 5. The Balaban J connectivity index is 2.31. The molecule has 0 aliphatic carbocycles.